The maximum Gasteiger partial charge on any atom is 0.255 e. The van der Waals surface area contributed by atoms with Crippen LogP contribution in [0.2, 0.25) is 0 Å². The number of carbonyl (C=O) groups is 1. The van der Waals surface area contributed by atoms with Gasteiger partial charge in [0.2, 0.25) is 0 Å². The Bertz CT molecular complexity index is 722. The van der Waals surface area contributed by atoms with Crippen LogP contribution in [0.25, 0.3) is 0 Å². The smallest absolute Gasteiger partial charge is 0.255 e. The number of anilines is 1. The fourth-order valence-corrected chi connectivity index (χ4v) is 3.25. The van der Waals surface area contributed by atoms with Gasteiger partial charge in [0.1, 0.15) is 5.75 Å². The average Bonchev–Trinajstić information content (AvgIpc) is 2.68. The van der Waals surface area contributed by atoms with E-state index in [0.717, 1.165) is 49.2 Å². The lowest BCUT2D eigenvalue weighted by molar-refractivity contribution is 0.102. The predicted molar refractivity (Wildman–Crippen MR) is 102 cm³/mol. The minimum Gasteiger partial charge on any atom is -0.497 e. The summed E-state index contributed by atoms with van der Waals surface area (Å²) in [4.78, 5) is 12.4. The molecule has 138 valence electrons. The van der Waals surface area contributed by atoms with Crippen LogP contribution in [0.3, 0.4) is 0 Å². The number of hydrogen-bond donors (Lipinski definition) is 3. The van der Waals surface area contributed by atoms with Gasteiger partial charge in [0.05, 0.1) is 13.2 Å². The summed E-state index contributed by atoms with van der Waals surface area (Å²) in [5.41, 5.74) is 2.50. The molecule has 0 aliphatic heterocycles. The monoisotopic (exact) mass is 354 g/mol. The molecule has 5 nitrogen and oxygen atoms in total. The van der Waals surface area contributed by atoms with Gasteiger partial charge < -0.3 is 20.5 Å². The van der Waals surface area contributed by atoms with Crippen molar-refractivity contribution in [2.75, 3.05) is 12.4 Å². The molecule has 3 rings (SSSR count). The van der Waals surface area contributed by atoms with E-state index < -0.39 is 0 Å². The van der Waals surface area contributed by atoms with Gasteiger partial charge in [-0.05, 0) is 67.6 Å². The Morgan fingerprint density at radius 3 is 2.54 bits per heavy atom. The van der Waals surface area contributed by atoms with Crippen LogP contribution in [0.5, 0.6) is 5.75 Å². The zero-order valence-electron chi connectivity index (χ0n) is 15.1. The van der Waals surface area contributed by atoms with Gasteiger partial charge in [-0.25, -0.2) is 0 Å². The van der Waals surface area contributed by atoms with Gasteiger partial charge in [-0.1, -0.05) is 12.1 Å². The summed E-state index contributed by atoms with van der Waals surface area (Å²) in [6.07, 6.45) is 3.62. The molecule has 1 aliphatic rings. The highest BCUT2D eigenvalue weighted by molar-refractivity contribution is 6.04. The quantitative estimate of drug-likeness (QED) is 0.744. The largest absolute Gasteiger partial charge is 0.497 e. The minimum absolute atomic E-state index is 0.135. The van der Waals surface area contributed by atoms with Crippen LogP contribution < -0.4 is 15.4 Å². The number of benzene rings is 2. The first-order valence-corrected chi connectivity index (χ1v) is 9.10. The third-order valence-electron chi connectivity index (χ3n) is 4.83. The number of carbonyl (C=O) groups excluding carboxylic acids is 1. The Morgan fingerprint density at radius 1 is 1.12 bits per heavy atom. The van der Waals surface area contributed by atoms with Crippen LogP contribution in [0, 0.1) is 0 Å². The molecule has 3 N–H and O–H groups in total. The molecule has 0 spiro atoms. The van der Waals surface area contributed by atoms with Crippen LogP contribution in [-0.2, 0) is 6.54 Å². The van der Waals surface area contributed by atoms with Crippen molar-refractivity contribution in [3.05, 3.63) is 59.7 Å². The van der Waals surface area contributed by atoms with E-state index in [1.54, 1.807) is 31.4 Å². The molecule has 0 radical (unpaired) electrons. The molecule has 0 saturated heterocycles. The molecule has 2 aromatic rings. The highest BCUT2D eigenvalue weighted by atomic mass is 16.5. The van der Waals surface area contributed by atoms with Crippen LogP contribution in [0.15, 0.2) is 48.5 Å². The molecule has 0 atom stereocenters. The van der Waals surface area contributed by atoms with Crippen LogP contribution in [0.4, 0.5) is 5.69 Å². The SMILES string of the molecule is COc1ccc(C(=O)Nc2cccc(CNC3CCC(O)CC3)c2)cc1. The molecule has 0 aromatic heterocycles. The summed E-state index contributed by atoms with van der Waals surface area (Å²) < 4.78 is 5.11. The number of hydrogen-bond acceptors (Lipinski definition) is 4. The number of methoxy groups -OCH3 is 1. The van der Waals surface area contributed by atoms with Gasteiger partial charge in [-0.2, -0.15) is 0 Å². The molecule has 1 amide bonds. The molecule has 0 heterocycles. The first-order chi connectivity index (χ1) is 12.6. The standard InChI is InChI=1S/C21H26N2O3/c1-26-20-11-5-16(6-12-20)21(25)23-18-4-2-3-15(13-18)14-22-17-7-9-19(24)10-8-17/h2-6,11-13,17,19,22,24H,7-10,14H2,1H3,(H,23,25). The number of aliphatic hydroxyl groups excluding tert-OH is 1. The van der Waals surface area contributed by atoms with Crippen LogP contribution >= 0.6 is 0 Å². The third kappa shape index (κ3) is 5.07. The second-order valence-corrected chi connectivity index (χ2v) is 6.77. The summed E-state index contributed by atoms with van der Waals surface area (Å²) >= 11 is 0. The Balaban J connectivity index is 1.55. The van der Waals surface area contributed by atoms with E-state index in [0.29, 0.717) is 11.6 Å². The van der Waals surface area contributed by atoms with Crippen LogP contribution in [-0.4, -0.2) is 30.3 Å². The lowest BCUT2D eigenvalue weighted by atomic mass is 9.93. The highest BCUT2D eigenvalue weighted by Gasteiger charge is 2.18. The van der Waals surface area contributed by atoms with Gasteiger partial charge in [0, 0.05) is 23.8 Å². The van der Waals surface area contributed by atoms with Gasteiger partial charge in [0.25, 0.3) is 5.91 Å². The van der Waals surface area contributed by atoms with E-state index >= 15 is 0 Å². The normalized spacial score (nSPS) is 19.8. The molecule has 0 bridgehead atoms. The van der Waals surface area contributed by atoms with Gasteiger partial charge >= 0.3 is 0 Å². The summed E-state index contributed by atoms with van der Waals surface area (Å²) in [6, 6.07) is 15.4. The summed E-state index contributed by atoms with van der Waals surface area (Å²) in [5.74, 6) is 0.587. The molecule has 2 aromatic carbocycles. The maximum absolute atomic E-state index is 12.4. The van der Waals surface area contributed by atoms with E-state index in [-0.39, 0.29) is 12.0 Å². The highest BCUT2D eigenvalue weighted by Crippen LogP contribution is 2.19. The second kappa shape index (κ2) is 8.83. The number of amides is 1. The zero-order valence-corrected chi connectivity index (χ0v) is 15.1. The summed E-state index contributed by atoms with van der Waals surface area (Å²) in [5, 5.41) is 16.1. The summed E-state index contributed by atoms with van der Waals surface area (Å²) in [7, 11) is 1.60. The molecule has 5 heteroatoms. The van der Waals surface area contributed by atoms with Crippen LogP contribution in [0.1, 0.15) is 41.6 Å². The van der Waals surface area contributed by atoms with E-state index in [1.807, 2.05) is 24.3 Å². The fraction of sp³-hybridized carbons (Fsp3) is 0.381. The molecule has 1 fully saturated rings. The van der Waals surface area contributed by atoms with Gasteiger partial charge in [-0.3, -0.25) is 4.79 Å². The number of rotatable bonds is 6. The van der Waals surface area contributed by atoms with Gasteiger partial charge in [-0.15, -0.1) is 0 Å². The number of nitrogens with one attached hydrogen (secondary N) is 2. The average molecular weight is 354 g/mol. The number of ether oxygens (including phenoxy) is 1. The zero-order chi connectivity index (χ0) is 18.4. The molecule has 1 saturated carbocycles. The topological polar surface area (TPSA) is 70.6 Å². The molecule has 1 aliphatic carbocycles. The van der Waals surface area contributed by atoms with Crippen molar-refractivity contribution in [3.63, 3.8) is 0 Å². The molecule has 0 unspecified atom stereocenters. The Hall–Kier alpha value is -2.37. The second-order valence-electron chi connectivity index (χ2n) is 6.77. The van der Waals surface area contributed by atoms with Crippen molar-refractivity contribution in [1.82, 2.24) is 5.32 Å². The first-order valence-electron chi connectivity index (χ1n) is 9.10. The van der Waals surface area contributed by atoms with Crippen molar-refractivity contribution >= 4 is 11.6 Å². The number of aliphatic hydroxyl groups is 1. The lowest BCUT2D eigenvalue weighted by Crippen LogP contribution is -2.34. The summed E-state index contributed by atoms with van der Waals surface area (Å²) in [6.45, 7) is 0.757. The molecular formula is C21H26N2O3. The third-order valence-corrected chi connectivity index (χ3v) is 4.83. The van der Waals surface area contributed by atoms with Crippen molar-refractivity contribution < 1.29 is 14.6 Å². The Labute approximate surface area is 154 Å². The minimum atomic E-state index is -0.140. The maximum atomic E-state index is 12.4. The van der Waals surface area contributed by atoms with E-state index in [1.165, 1.54) is 0 Å². The van der Waals surface area contributed by atoms with Gasteiger partial charge in [0.15, 0.2) is 0 Å². The van der Waals surface area contributed by atoms with Crippen molar-refractivity contribution in [2.24, 2.45) is 0 Å². The van der Waals surface area contributed by atoms with Crippen molar-refractivity contribution in [3.8, 4) is 5.75 Å². The van der Waals surface area contributed by atoms with E-state index in [9.17, 15) is 9.90 Å². The fourth-order valence-electron chi connectivity index (χ4n) is 3.25. The Morgan fingerprint density at radius 2 is 1.85 bits per heavy atom. The molecular weight excluding hydrogens is 328 g/mol. The Kier molecular flexibility index (Phi) is 6.26. The van der Waals surface area contributed by atoms with Crippen molar-refractivity contribution in [1.29, 1.82) is 0 Å². The van der Waals surface area contributed by atoms with E-state index in [4.69, 9.17) is 4.74 Å². The predicted octanol–water partition coefficient (Wildman–Crippen LogP) is 3.34. The molecule has 26 heavy (non-hydrogen) atoms. The lowest BCUT2D eigenvalue weighted by Gasteiger charge is -2.26. The first kappa shape index (κ1) is 18.4. The van der Waals surface area contributed by atoms with Crippen molar-refractivity contribution in [2.45, 2.75) is 44.4 Å². The van der Waals surface area contributed by atoms with E-state index in [2.05, 4.69) is 10.6 Å².